The molecule has 1 heterocycles. The van der Waals surface area contributed by atoms with Crippen LogP contribution in [0.2, 0.25) is 0 Å². The minimum atomic E-state index is -1.29. The maximum atomic E-state index is 11.5. The van der Waals surface area contributed by atoms with Crippen LogP contribution in [0.3, 0.4) is 0 Å². The average molecular weight is 334 g/mol. The van der Waals surface area contributed by atoms with Crippen LogP contribution in [0.25, 0.3) is 21.5 Å². The van der Waals surface area contributed by atoms with Crippen LogP contribution in [0.4, 0.5) is 0 Å². The number of benzene rings is 3. The molecule has 0 amide bonds. The smallest absolute Gasteiger partial charge is 0.545 e. The number of aromatic carboxylic acids is 1. The van der Waals surface area contributed by atoms with Crippen molar-refractivity contribution in [2.45, 2.75) is 0 Å². The molecule has 4 rings (SSSR count). The Morgan fingerprint density at radius 1 is 1.17 bits per heavy atom. The van der Waals surface area contributed by atoms with E-state index in [0.717, 1.165) is 0 Å². The number of hydrogen-bond acceptors (Lipinski definition) is 6. The molecule has 1 aliphatic heterocycles. The zero-order valence-corrected chi connectivity index (χ0v) is 15.1. The van der Waals surface area contributed by atoms with Crippen molar-refractivity contribution in [3.63, 3.8) is 0 Å². The number of hydrogen-bond donors (Lipinski definition) is 1. The molecule has 1 N–H and O–H groups in total. The number of ether oxygens (including phenoxy) is 3. The fraction of sp³-hybridized carbons (Fsp3) is 0.118. The van der Waals surface area contributed by atoms with Crippen LogP contribution in [-0.4, -0.2) is 25.0 Å². The number of methoxy groups -OCH3 is 1. The summed E-state index contributed by atoms with van der Waals surface area (Å²) >= 11 is 0. The van der Waals surface area contributed by atoms with Crippen molar-refractivity contribution >= 4 is 27.5 Å². The SMILES string of the molecule is COc1c(O)ccc2c1ccc1c(C(=O)[O-])cc3c(c12)OCO3.[Na+]. The Morgan fingerprint density at radius 3 is 2.58 bits per heavy atom. The van der Waals surface area contributed by atoms with Gasteiger partial charge in [-0.1, -0.05) is 6.07 Å². The first-order valence-corrected chi connectivity index (χ1v) is 6.88. The molecular formula is C17H11NaO6. The zero-order valence-electron chi connectivity index (χ0n) is 13.1. The van der Waals surface area contributed by atoms with Gasteiger partial charge >= 0.3 is 29.6 Å². The fourth-order valence-electron chi connectivity index (χ4n) is 3.02. The molecule has 0 atom stereocenters. The van der Waals surface area contributed by atoms with Gasteiger partial charge in [-0.2, -0.15) is 0 Å². The third kappa shape index (κ3) is 2.26. The maximum absolute atomic E-state index is 11.5. The first kappa shape index (κ1) is 16.7. The molecule has 0 fully saturated rings. The molecule has 6 nitrogen and oxygen atoms in total. The molecule has 0 saturated heterocycles. The Hall–Kier alpha value is -2.15. The molecular weight excluding hydrogens is 323 g/mol. The molecule has 0 aromatic heterocycles. The predicted octanol–water partition coefficient (Wildman–Crippen LogP) is -1.20. The molecule has 3 aromatic carbocycles. The third-order valence-electron chi connectivity index (χ3n) is 3.99. The summed E-state index contributed by atoms with van der Waals surface area (Å²) in [5, 5.41) is 23.8. The van der Waals surface area contributed by atoms with Gasteiger partial charge in [0.15, 0.2) is 23.0 Å². The largest absolute Gasteiger partial charge is 1.00 e. The van der Waals surface area contributed by atoms with Crippen LogP contribution in [0.1, 0.15) is 10.4 Å². The molecule has 7 heteroatoms. The minimum absolute atomic E-state index is 0. The number of phenolic OH excluding ortho intramolecular Hbond substituents is 1. The van der Waals surface area contributed by atoms with Crippen LogP contribution < -0.4 is 48.9 Å². The number of carboxylic acids is 1. The topological polar surface area (TPSA) is 88.1 Å². The monoisotopic (exact) mass is 334 g/mol. The van der Waals surface area contributed by atoms with Crippen molar-refractivity contribution < 1.29 is 58.8 Å². The van der Waals surface area contributed by atoms with Crippen molar-refractivity contribution in [1.82, 2.24) is 0 Å². The van der Waals surface area contributed by atoms with Gasteiger partial charge in [0.05, 0.1) is 13.1 Å². The summed E-state index contributed by atoms with van der Waals surface area (Å²) in [4.78, 5) is 11.5. The van der Waals surface area contributed by atoms with E-state index in [4.69, 9.17) is 14.2 Å². The van der Waals surface area contributed by atoms with Gasteiger partial charge < -0.3 is 29.2 Å². The predicted molar refractivity (Wildman–Crippen MR) is 80.1 cm³/mol. The standard InChI is InChI=1S/C17H12O6.Na/c1-21-15-10-3-2-9-11(17(19)20)6-13-16(23-7-22-13)14(9)8(10)4-5-12(15)18;/h2-6,18H,7H2,1H3,(H,19,20);/q;+1/p-1. The first-order chi connectivity index (χ1) is 11.1. The van der Waals surface area contributed by atoms with Gasteiger partial charge in [0, 0.05) is 16.3 Å². The Morgan fingerprint density at radius 2 is 1.88 bits per heavy atom. The maximum Gasteiger partial charge on any atom is 1.00 e. The Labute approximate surface area is 158 Å². The second-order valence-corrected chi connectivity index (χ2v) is 5.15. The van der Waals surface area contributed by atoms with E-state index < -0.39 is 5.97 Å². The molecule has 0 saturated carbocycles. The summed E-state index contributed by atoms with van der Waals surface area (Å²) in [6.07, 6.45) is 0. The average Bonchev–Trinajstić information content (AvgIpc) is 3.01. The molecule has 3 aromatic rings. The number of phenols is 1. The molecule has 0 unspecified atom stereocenters. The summed E-state index contributed by atoms with van der Waals surface area (Å²) in [6, 6.07) is 7.94. The fourth-order valence-corrected chi connectivity index (χ4v) is 3.02. The number of carbonyl (C=O) groups excluding carboxylic acids is 1. The number of aromatic hydroxyl groups is 1. The quantitative estimate of drug-likeness (QED) is 0.468. The second kappa shape index (κ2) is 6.05. The molecule has 0 radical (unpaired) electrons. The van der Waals surface area contributed by atoms with Gasteiger partial charge in [0.2, 0.25) is 6.79 Å². The first-order valence-electron chi connectivity index (χ1n) is 6.88. The van der Waals surface area contributed by atoms with E-state index in [2.05, 4.69) is 0 Å². The van der Waals surface area contributed by atoms with Crippen LogP contribution in [-0.2, 0) is 0 Å². The molecule has 0 bridgehead atoms. The summed E-state index contributed by atoms with van der Waals surface area (Å²) in [5.41, 5.74) is 0.0261. The van der Waals surface area contributed by atoms with E-state index in [1.165, 1.54) is 19.2 Å². The van der Waals surface area contributed by atoms with Gasteiger partial charge in [0.25, 0.3) is 0 Å². The van der Waals surface area contributed by atoms with E-state index in [1.807, 2.05) is 0 Å². The number of fused-ring (bicyclic) bond motifs is 5. The summed E-state index contributed by atoms with van der Waals surface area (Å²) in [6.45, 7) is 0.0204. The van der Waals surface area contributed by atoms with Crippen LogP contribution in [0.5, 0.6) is 23.0 Å². The van der Waals surface area contributed by atoms with Crippen LogP contribution >= 0.6 is 0 Å². The molecule has 116 valence electrons. The van der Waals surface area contributed by atoms with Crippen molar-refractivity contribution in [3.05, 3.63) is 35.9 Å². The van der Waals surface area contributed by atoms with E-state index >= 15 is 0 Å². The van der Waals surface area contributed by atoms with Crippen molar-refractivity contribution in [3.8, 4) is 23.0 Å². The van der Waals surface area contributed by atoms with Crippen molar-refractivity contribution in [2.24, 2.45) is 0 Å². The minimum Gasteiger partial charge on any atom is -0.545 e. The third-order valence-corrected chi connectivity index (χ3v) is 3.99. The van der Waals surface area contributed by atoms with Gasteiger partial charge in [-0.3, -0.25) is 0 Å². The van der Waals surface area contributed by atoms with Gasteiger partial charge in [-0.15, -0.1) is 0 Å². The zero-order chi connectivity index (χ0) is 16.1. The molecule has 1 aliphatic rings. The van der Waals surface area contributed by atoms with Gasteiger partial charge in [-0.05, 0) is 35.0 Å². The molecule has 0 spiro atoms. The molecule has 0 aliphatic carbocycles. The van der Waals surface area contributed by atoms with E-state index in [-0.39, 0.29) is 47.7 Å². The Kier molecular flexibility index (Phi) is 4.21. The summed E-state index contributed by atoms with van der Waals surface area (Å²) < 4.78 is 16.1. The Bertz CT molecular complexity index is 982. The van der Waals surface area contributed by atoms with Crippen LogP contribution in [0, 0.1) is 0 Å². The van der Waals surface area contributed by atoms with E-state index in [9.17, 15) is 15.0 Å². The second-order valence-electron chi connectivity index (χ2n) is 5.15. The number of rotatable bonds is 2. The van der Waals surface area contributed by atoms with E-state index in [1.54, 1.807) is 18.2 Å². The summed E-state index contributed by atoms with van der Waals surface area (Å²) in [7, 11) is 1.46. The van der Waals surface area contributed by atoms with Gasteiger partial charge in [-0.25, -0.2) is 0 Å². The number of carboxylic acid groups (broad SMARTS) is 1. The summed E-state index contributed by atoms with van der Waals surface area (Å²) in [5.74, 6) is -0.141. The van der Waals surface area contributed by atoms with Crippen molar-refractivity contribution in [2.75, 3.05) is 13.9 Å². The van der Waals surface area contributed by atoms with Crippen LogP contribution in [0.15, 0.2) is 30.3 Å². The normalized spacial score (nSPS) is 12.2. The van der Waals surface area contributed by atoms with E-state index in [0.29, 0.717) is 38.8 Å². The van der Waals surface area contributed by atoms with Crippen molar-refractivity contribution in [1.29, 1.82) is 0 Å². The van der Waals surface area contributed by atoms with Gasteiger partial charge in [0.1, 0.15) is 0 Å². The number of carbonyl (C=O) groups is 1. The Balaban J connectivity index is 0.00000169. The molecule has 24 heavy (non-hydrogen) atoms.